The second-order valence-electron chi connectivity index (χ2n) is 3.31. The van der Waals surface area contributed by atoms with Crippen molar-refractivity contribution in [2.45, 2.75) is 60.5 Å². The van der Waals surface area contributed by atoms with Crippen LogP contribution in [0.25, 0.3) is 0 Å². The third kappa shape index (κ3) is 19.7. The highest BCUT2D eigenvalue weighted by Crippen LogP contribution is 2.04. The first-order chi connectivity index (χ1) is 7.06. The number of hydrogen-bond acceptors (Lipinski definition) is 3. The van der Waals surface area contributed by atoms with Gasteiger partial charge in [-0.1, -0.05) is 34.6 Å². The Morgan fingerprint density at radius 1 is 1.20 bits per heavy atom. The van der Waals surface area contributed by atoms with Crippen LogP contribution >= 0.6 is 0 Å². The van der Waals surface area contributed by atoms with Gasteiger partial charge < -0.3 is 10.5 Å². The van der Waals surface area contributed by atoms with E-state index in [9.17, 15) is 4.79 Å². The van der Waals surface area contributed by atoms with Gasteiger partial charge in [-0.05, 0) is 26.3 Å². The molecule has 0 saturated carbocycles. The van der Waals surface area contributed by atoms with Crippen LogP contribution in [0, 0.1) is 5.92 Å². The van der Waals surface area contributed by atoms with Crippen LogP contribution in [0.5, 0.6) is 0 Å². The Balaban J connectivity index is -0.000000318. The first-order valence-corrected chi connectivity index (χ1v) is 5.83. The van der Waals surface area contributed by atoms with E-state index in [4.69, 9.17) is 4.74 Å². The molecule has 0 aliphatic rings. The van der Waals surface area contributed by atoms with Crippen molar-refractivity contribution in [3.8, 4) is 0 Å². The van der Waals surface area contributed by atoms with E-state index in [0.717, 1.165) is 6.42 Å². The maximum atomic E-state index is 11.0. The van der Waals surface area contributed by atoms with Gasteiger partial charge in [0.25, 0.3) is 0 Å². The molecular weight excluding hydrogens is 190 g/mol. The summed E-state index contributed by atoms with van der Waals surface area (Å²) in [6, 6.07) is 0. The Morgan fingerprint density at radius 3 is 1.87 bits per heavy atom. The van der Waals surface area contributed by atoms with Gasteiger partial charge in [-0.3, -0.25) is 4.79 Å². The predicted molar refractivity (Wildman–Crippen MR) is 66.8 cm³/mol. The summed E-state index contributed by atoms with van der Waals surface area (Å²) >= 11 is 0. The van der Waals surface area contributed by atoms with E-state index in [1.807, 2.05) is 41.5 Å². The van der Waals surface area contributed by atoms with E-state index in [1.165, 1.54) is 7.05 Å². The van der Waals surface area contributed by atoms with Crippen molar-refractivity contribution in [1.82, 2.24) is 0 Å². The molecule has 94 valence electrons. The molecule has 0 spiro atoms. The standard InChI is InChI=1S/C9H18O2.C2H6.CH5N/c1-5-8(4)11-9(10)6-7(2)3;2*1-2/h7-8H,5-6H2,1-4H3;1-2H3;2H2,1H3. The molecule has 1 unspecified atom stereocenters. The lowest BCUT2D eigenvalue weighted by atomic mass is 10.1. The van der Waals surface area contributed by atoms with Gasteiger partial charge in [-0.2, -0.15) is 0 Å². The lowest BCUT2D eigenvalue weighted by Gasteiger charge is -2.11. The first kappa shape index (κ1) is 19.9. The number of esters is 1. The third-order valence-electron chi connectivity index (χ3n) is 1.48. The first-order valence-electron chi connectivity index (χ1n) is 5.83. The molecule has 0 aliphatic heterocycles. The van der Waals surface area contributed by atoms with Crippen molar-refractivity contribution in [3.05, 3.63) is 0 Å². The molecule has 3 heteroatoms. The van der Waals surface area contributed by atoms with Crippen LogP contribution < -0.4 is 5.73 Å². The summed E-state index contributed by atoms with van der Waals surface area (Å²) in [5, 5.41) is 0. The number of ether oxygens (including phenoxy) is 1. The SMILES string of the molecule is CC.CCC(C)OC(=O)CC(C)C.CN. The number of carbonyl (C=O) groups excluding carboxylic acids is 1. The zero-order valence-electron chi connectivity index (χ0n) is 11.5. The van der Waals surface area contributed by atoms with Crippen LogP contribution in [-0.2, 0) is 9.53 Å². The van der Waals surface area contributed by atoms with Crippen molar-refractivity contribution >= 4 is 5.97 Å². The molecule has 0 aromatic carbocycles. The molecule has 0 bridgehead atoms. The maximum Gasteiger partial charge on any atom is 0.306 e. The van der Waals surface area contributed by atoms with Gasteiger partial charge in [0.2, 0.25) is 0 Å². The summed E-state index contributed by atoms with van der Waals surface area (Å²) < 4.78 is 5.07. The van der Waals surface area contributed by atoms with Gasteiger partial charge in [-0.25, -0.2) is 0 Å². The molecule has 0 heterocycles. The summed E-state index contributed by atoms with van der Waals surface area (Å²) in [6.07, 6.45) is 1.50. The quantitative estimate of drug-likeness (QED) is 0.740. The minimum Gasteiger partial charge on any atom is -0.463 e. The van der Waals surface area contributed by atoms with Crippen molar-refractivity contribution in [1.29, 1.82) is 0 Å². The molecule has 15 heavy (non-hydrogen) atoms. The zero-order chi connectivity index (χ0) is 12.9. The Bertz CT molecular complexity index is 125. The minimum atomic E-state index is -0.0747. The summed E-state index contributed by atoms with van der Waals surface area (Å²) in [6.45, 7) is 11.9. The molecule has 0 aromatic heterocycles. The number of nitrogens with two attached hydrogens (primary N) is 1. The minimum absolute atomic E-state index is 0.0706. The molecule has 1 atom stereocenters. The number of hydrogen-bond donors (Lipinski definition) is 1. The summed E-state index contributed by atoms with van der Waals surface area (Å²) in [5.74, 6) is 0.320. The molecule has 0 saturated heterocycles. The largest absolute Gasteiger partial charge is 0.463 e. The van der Waals surface area contributed by atoms with Gasteiger partial charge >= 0.3 is 5.97 Å². The number of rotatable bonds is 4. The highest BCUT2D eigenvalue weighted by molar-refractivity contribution is 5.69. The molecule has 0 radical (unpaired) electrons. The van der Waals surface area contributed by atoms with Crippen LogP contribution in [0.4, 0.5) is 0 Å². The Labute approximate surface area is 95.4 Å². The summed E-state index contributed by atoms with van der Waals surface area (Å²) in [7, 11) is 1.50. The van der Waals surface area contributed by atoms with Crippen LogP contribution in [0.15, 0.2) is 0 Å². The molecule has 0 aliphatic carbocycles. The van der Waals surface area contributed by atoms with Crippen LogP contribution in [0.1, 0.15) is 54.4 Å². The second-order valence-corrected chi connectivity index (χ2v) is 3.31. The fourth-order valence-electron chi connectivity index (χ4n) is 0.689. The molecule has 3 nitrogen and oxygen atoms in total. The molecule has 0 amide bonds. The zero-order valence-corrected chi connectivity index (χ0v) is 11.5. The molecule has 2 N–H and O–H groups in total. The lowest BCUT2D eigenvalue weighted by molar-refractivity contribution is -0.149. The van der Waals surface area contributed by atoms with E-state index in [0.29, 0.717) is 12.3 Å². The van der Waals surface area contributed by atoms with E-state index in [1.54, 1.807) is 0 Å². The van der Waals surface area contributed by atoms with Crippen molar-refractivity contribution in [3.63, 3.8) is 0 Å². The van der Waals surface area contributed by atoms with Gasteiger partial charge in [-0.15, -0.1) is 0 Å². The Hall–Kier alpha value is -0.570. The van der Waals surface area contributed by atoms with Crippen LogP contribution in [0.3, 0.4) is 0 Å². The maximum absolute atomic E-state index is 11.0. The van der Waals surface area contributed by atoms with Crippen LogP contribution in [0.2, 0.25) is 0 Å². The van der Waals surface area contributed by atoms with Gasteiger partial charge in [0.05, 0.1) is 6.10 Å². The van der Waals surface area contributed by atoms with E-state index in [2.05, 4.69) is 5.73 Å². The van der Waals surface area contributed by atoms with Gasteiger partial charge in [0.15, 0.2) is 0 Å². The highest BCUT2D eigenvalue weighted by Gasteiger charge is 2.08. The Kier molecular flexibility index (Phi) is 21.1. The molecule has 0 aromatic rings. The van der Waals surface area contributed by atoms with E-state index >= 15 is 0 Å². The lowest BCUT2D eigenvalue weighted by Crippen LogP contribution is -2.15. The fraction of sp³-hybridized carbons (Fsp3) is 0.917. The van der Waals surface area contributed by atoms with E-state index in [-0.39, 0.29) is 12.1 Å². The molecular formula is C12H29NO2. The fourth-order valence-corrected chi connectivity index (χ4v) is 0.689. The summed E-state index contributed by atoms with van der Waals surface area (Å²) in [4.78, 5) is 11.0. The average molecular weight is 219 g/mol. The second kappa shape index (κ2) is 15.9. The third-order valence-corrected chi connectivity index (χ3v) is 1.48. The van der Waals surface area contributed by atoms with E-state index < -0.39 is 0 Å². The van der Waals surface area contributed by atoms with Gasteiger partial charge in [0.1, 0.15) is 0 Å². The smallest absolute Gasteiger partial charge is 0.306 e. The summed E-state index contributed by atoms with van der Waals surface area (Å²) in [5.41, 5.74) is 4.50. The van der Waals surface area contributed by atoms with Crippen molar-refractivity contribution in [2.75, 3.05) is 7.05 Å². The van der Waals surface area contributed by atoms with Crippen molar-refractivity contribution < 1.29 is 9.53 Å². The topological polar surface area (TPSA) is 52.3 Å². The number of carbonyl (C=O) groups is 1. The average Bonchev–Trinajstić information content (AvgIpc) is 2.22. The molecule has 0 rings (SSSR count). The van der Waals surface area contributed by atoms with Crippen LogP contribution in [-0.4, -0.2) is 19.1 Å². The monoisotopic (exact) mass is 219 g/mol. The predicted octanol–water partition coefficient (Wildman–Crippen LogP) is 2.98. The van der Waals surface area contributed by atoms with Gasteiger partial charge in [0, 0.05) is 6.42 Å². The van der Waals surface area contributed by atoms with Crippen molar-refractivity contribution in [2.24, 2.45) is 11.7 Å². The molecule has 0 fully saturated rings. The normalized spacial score (nSPS) is 10.5. The Morgan fingerprint density at radius 2 is 1.60 bits per heavy atom. The highest BCUT2D eigenvalue weighted by atomic mass is 16.5.